The van der Waals surface area contributed by atoms with Crippen LogP contribution in [0.3, 0.4) is 0 Å². The molecule has 0 amide bonds. The Balaban J connectivity index is 3.24. The molecule has 1 nitrogen and oxygen atoms in total. The normalized spacial score (nSPS) is 12.9. The van der Waals surface area contributed by atoms with Gasteiger partial charge in [-0.3, -0.25) is 0 Å². The highest BCUT2D eigenvalue weighted by Crippen LogP contribution is 2.05. The molecule has 0 aliphatic carbocycles. The summed E-state index contributed by atoms with van der Waals surface area (Å²) in [6.45, 7) is 9.74. The minimum Gasteiger partial charge on any atom is -0.377 e. The van der Waals surface area contributed by atoms with Crippen molar-refractivity contribution in [3.8, 4) is 0 Å². The molecule has 1 atom stereocenters. The molecule has 0 radical (unpaired) electrons. The first-order valence-corrected chi connectivity index (χ1v) is 5.19. The van der Waals surface area contributed by atoms with E-state index >= 15 is 0 Å². The fraction of sp³-hybridized carbons (Fsp3) is 0.800. The summed E-state index contributed by atoms with van der Waals surface area (Å²) in [5, 5.41) is 0. The summed E-state index contributed by atoms with van der Waals surface area (Å²) in [5.41, 5.74) is 1.06. The van der Waals surface area contributed by atoms with Crippen molar-refractivity contribution in [2.45, 2.75) is 26.7 Å². The van der Waals surface area contributed by atoms with Gasteiger partial charge in [-0.25, -0.2) is 0 Å². The fourth-order valence-corrected chi connectivity index (χ4v) is 1.12. The molecule has 0 aliphatic rings. The molecule has 0 spiro atoms. The van der Waals surface area contributed by atoms with Gasteiger partial charge in [-0.1, -0.05) is 26.8 Å². The molecule has 0 aromatic heterocycles. The largest absolute Gasteiger partial charge is 0.377 e. The second-order valence-corrected chi connectivity index (χ2v) is 3.63. The molecule has 0 bridgehead atoms. The molecule has 72 valence electrons. The Kier molecular flexibility index (Phi) is 7.72. The van der Waals surface area contributed by atoms with Crippen LogP contribution in [-0.2, 0) is 4.74 Å². The zero-order valence-corrected chi connectivity index (χ0v) is 9.07. The Labute approximate surface area is 81.6 Å². The molecule has 0 aliphatic heterocycles. The lowest BCUT2D eigenvalue weighted by atomic mass is 10.1. The van der Waals surface area contributed by atoms with Gasteiger partial charge >= 0.3 is 0 Å². The summed E-state index contributed by atoms with van der Waals surface area (Å²) in [5.74, 6) is 1.39. The summed E-state index contributed by atoms with van der Waals surface area (Å²) < 4.78 is 5.45. The topological polar surface area (TPSA) is 9.23 Å². The quantitative estimate of drug-likeness (QED) is 0.477. The van der Waals surface area contributed by atoms with Crippen molar-refractivity contribution >= 4 is 12.6 Å². The van der Waals surface area contributed by atoms with Gasteiger partial charge in [0, 0.05) is 12.4 Å². The van der Waals surface area contributed by atoms with E-state index in [-0.39, 0.29) is 0 Å². The molecule has 0 saturated heterocycles. The molecule has 12 heavy (non-hydrogen) atoms. The Morgan fingerprint density at radius 2 is 2.25 bits per heavy atom. The van der Waals surface area contributed by atoms with E-state index in [2.05, 4.69) is 33.1 Å². The molecule has 2 heteroatoms. The zero-order valence-electron chi connectivity index (χ0n) is 8.18. The van der Waals surface area contributed by atoms with Gasteiger partial charge in [-0.2, -0.15) is 12.6 Å². The Morgan fingerprint density at radius 3 is 2.75 bits per heavy atom. The molecule has 0 rings (SSSR count). The maximum Gasteiger partial charge on any atom is 0.0682 e. The first-order chi connectivity index (χ1) is 5.70. The van der Waals surface area contributed by atoms with Gasteiger partial charge in [-0.15, -0.1) is 0 Å². The third kappa shape index (κ3) is 6.74. The molecular formula is C10H20OS. The van der Waals surface area contributed by atoms with Crippen LogP contribution in [0.25, 0.3) is 0 Å². The number of ether oxygens (including phenoxy) is 1. The van der Waals surface area contributed by atoms with Gasteiger partial charge in [-0.05, 0) is 17.9 Å². The standard InChI is InChI=1S/C10H20OS/c1-4-5-9(2)6-11-7-10(3)8-12/h9,12H,3-8H2,1-2H3. The number of hydrogen-bond acceptors (Lipinski definition) is 2. The van der Waals surface area contributed by atoms with Crippen LogP contribution in [-0.4, -0.2) is 19.0 Å². The van der Waals surface area contributed by atoms with Crippen LogP contribution in [0, 0.1) is 5.92 Å². The van der Waals surface area contributed by atoms with Crippen molar-refractivity contribution < 1.29 is 4.74 Å². The summed E-state index contributed by atoms with van der Waals surface area (Å²) in [7, 11) is 0. The molecule has 0 heterocycles. The van der Waals surface area contributed by atoms with E-state index < -0.39 is 0 Å². The van der Waals surface area contributed by atoms with E-state index in [0.29, 0.717) is 12.5 Å². The van der Waals surface area contributed by atoms with Crippen LogP contribution in [0.4, 0.5) is 0 Å². The highest BCUT2D eigenvalue weighted by atomic mass is 32.1. The maximum absolute atomic E-state index is 5.45. The van der Waals surface area contributed by atoms with Gasteiger partial charge in [0.05, 0.1) is 6.61 Å². The smallest absolute Gasteiger partial charge is 0.0682 e. The minimum atomic E-state index is 0.664. The van der Waals surface area contributed by atoms with Crippen molar-refractivity contribution in [3.63, 3.8) is 0 Å². The van der Waals surface area contributed by atoms with E-state index in [9.17, 15) is 0 Å². The van der Waals surface area contributed by atoms with Crippen LogP contribution in [0.1, 0.15) is 26.7 Å². The highest BCUT2D eigenvalue weighted by Gasteiger charge is 2.00. The first-order valence-electron chi connectivity index (χ1n) is 4.56. The second-order valence-electron chi connectivity index (χ2n) is 3.32. The van der Waals surface area contributed by atoms with Crippen molar-refractivity contribution in [2.75, 3.05) is 19.0 Å². The van der Waals surface area contributed by atoms with Crippen molar-refractivity contribution in [2.24, 2.45) is 5.92 Å². The highest BCUT2D eigenvalue weighted by molar-refractivity contribution is 7.80. The Morgan fingerprint density at radius 1 is 1.58 bits per heavy atom. The lowest BCUT2D eigenvalue weighted by Gasteiger charge is -2.10. The summed E-state index contributed by atoms with van der Waals surface area (Å²) >= 11 is 4.10. The van der Waals surface area contributed by atoms with E-state index in [4.69, 9.17) is 4.74 Å². The van der Waals surface area contributed by atoms with Gasteiger partial charge in [0.2, 0.25) is 0 Å². The van der Waals surface area contributed by atoms with E-state index in [0.717, 1.165) is 17.9 Å². The summed E-state index contributed by atoms with van der Waals surface area (Å²) in [6.07, 6.45) is 2.48. The zero-order chi connectivity index (χ0) is 9.40. The van der Waals surface area contributed by atoms with Crippen molar-refractivity contribution in [1.82, 2.24) is 0 Å². The molecule has 0 saturated carbocycles. The molecular weight excluding hydrogens is 168 g/mol. The third-order valence-corrected chi connectivity index (χ3v) is 2.16. The average molecular weight is 188 g/mol. The minimum absolute atomic E-state index is 0.664. The second kappa shape index (κ2) is 7.69. The van der Waals surface area contributed by atoms with E-state index in [1.807, 2.05) is 0 Å². The predicted molar refractivity (Wildman–Crippen MR) is 57.9 cm³/mol. The molecule has 0 N–H and O–H groups in total. The molecule has 1 unspecified atom stereocenters. The van der Waals surface area contributed by atoms with Crippen LogP contribution in [0.2, 0.25) is 0 Å². The van der Waals surface area contributed by atoms with Gasteiger partial charge in [0.15, 0.2) is 0 Å². The average Bonchev–Trinajstić information content (AvgIpc) is 2.04. The number of rotatable bonds is 7. The summed E-state index contributed by atoms with van der Waals surface area (Å²) in [6, 6.07) is 0. The molecule has 0 aromatic rings. The van der Waals surface area contributed by atoms with E-state index in [1.54, 1.807) is 0 Å². The van der Waals surface area contributed by atoms with Gasteiger partial charge < -0.3 is 4.74 Å². The van der Waals surface area contributed by atoms with Crippen molar-refractivity contribution in [3.05, 3.63) is 12.2 Å². The molecule has 0 aromatic carbocycles. The van der Waals surface area contributed by atoms with Gasteiger partial charge in [0.25, 0.3) is 0 Å². The third-order valence-electron chi connectivity index (χ3n) is 1.71. The molecule has 0 fully saturated rings. The number of thiol groups is 1. The lowest BCUT2D eigenvalue weighted by molar-refractivity contribution is 0.120. The Hall–Kier alpha value is 0.0500. The fourth-order valence-electron chi connectivity index (χ4n) is 1.03. The maximum atomic E-state index is 5.45. The number of hydrogen-bond donors (Lipinski definition) is 1. The lowest BCUT2D eigenvalue weighted by Crippen LogP contribution is -2.07. The first kappa shape index (κ1) is 12.0. The van der Waals surface area contributed by atoms with Crippen LogP contribution < -0.4 is 0 Å². The van der Waals surface area contributed by atoms with Gasteiger partial charge in [0.1, 0.15) is 0 Å². The van der Waals surface area contributed by atoms with E-state index in [1.165, 1.54) is 12.8 Å². The monoisotopic (exact) mass is 188 g/mol. The van der Waals surface area contributed by atoms with Crippen LogP contribution in [0.15, 0.2) is 12.2 Å². The predicted octanol–water partition coefficient (Wildman–Crippen LogP) is 2.93. The van der Waals surface area contributed by atoms with Crippen LogP contribution in [0.5, 0.6) is 0 Å². The van der Waals surface area contributed by atoms with Crippen molar-refractivity contribution in [1.29, 1.82) is 0 Å². The van der Waals surface area contributed by atoms with Crippen LogP contribution >= 0.6 is 12.6 Å². The Bertz CT molecular complexity index is 123. The SMILES string of the molecule is C=C(CS)COCC(C)CCC. The summed E-state index contributed by atoms with van der Waals surface area (Å²) in [4.78, 5) is 0.